The molecular weight excluding hydrogens is 271 g/mol. The highest BCUT2D eigenvalue weighted by molar-refractivity contribution is 5.52. The highest BCUT2D eigenvalue weighted by Gasteiger charge is 2.21. The molecule has 3 rings (SSSR count). The van der Waals surface area contributed by atoms with Crippen molar-refractivity contribution in [2.45, 2.75) is 6.61 Å². The summed E-state index contributed by atoms with van der Waals surface area (Å²) in [6.07, 6.45) is 3.26. The van der Waals surface area contributed by atoms with Crippen molar-refractivity contribution in [2.24, 2.45) is 0 Å². The highest BCUT2D eigenvalue weighted by atomic mass is 19.1. The number of aromatic nitrogens is 2. The van der Waals surface area contributed by atoms with Crippen LogP contribution < -0.4 is 9.80 Å². The van der Waals surface area contributed by atoms with Crippen LogP contribution in [0.1, 0.15) is 5.56 Å². The second-order valence-corrected chi connectivity index (χ2v) is 4.95. The molecule has 2 heterocycles. The van der Waals surface area contributed by atoms with Gasteiger partial charge in [0, 0.05) is 37.9 Å². The molecule has 0 unspecified atom stereocenters. The molecule has 0 amide bonds. The van der Waals surface area contributed by atoms with Gasteiger partial charge in [-0.15, -0.1) is 0 Å². The van der Waals surface area contributed by atoms with Crippen molar-refractivity contribution in [2.75, 3.05) is 36.0 Å². The van der Waals surface area contributed by atoms with E-state index in [1.807, 2.05) is 11.0 Å². The summed E-state index contributed by atoms with van der Waals surface area (Å²) in [4.78, 5) is 12.3. The first kappa shape index (κ1) is 13.8. The quantitative estimate of drug-likeness (QED) is 0.926. The number of hydrogen-bond donors (Lipinski definition) is 1. The predicted octanol–water partition coefficient (Wildman–Crippen LogP) is 1.43. The third kappa shape index (κ3) is 2.80. The van der Waals surface area contributed by atoms with Crippen molar-refractivity contribution >= 4 is 11.5 Å². The number of nitrogens with zero attached hydrogens (tertiary/aromatic N) is 4. The van der Waals surface area contributed by atoms with Crippen molar-refractivity contribution in [3.63, 3.8) is 0 Å². The van der Waals surface area contributed by atoms with Gasteiger partial charge in [0.15, 0.2) is 5.82 Å². The molecule has 0 aliphatic carbocycles. The van der Waals surface area contributed by atoms with Gasteiger partial charge in [-0.25, -0.2) is 14.4 Å². The third-order valence-electron chi connectivity index (χ3n) is 3.74. The zero-order valence-electron chi connectivity index (χ0n) is 11.6. The Kier molecular flexibility index (Phi) is 3.96. The number of hydrogen-bond acceptors (Lipinski definition) is 5. The Hall–Kier alpha value is -2.21. The van der Waals surface area contributed by atoms with Crippen LogP contribution in [0.3, 0.4) is 0 Å². The van der Waals surface area contributed by atoms with E-state index in [-0.39, 0.29) is 12.4 Å². The van der Waals surface area contributed by atoms with E-state index in [4.69, 9.17) is 5.11 Å². The van der Waals surface area contributed by atoms with Crippen molar-refractivity contribution < 1.29 is 9.50 Å². The van der Waals surface area contributed by atoms with Crippen molar-refractivity contribution in [1.82, 2.24) is 9.97 Å². The lowest BCUT2D eigenvalue weighted by atomic mass is 10.1. The second kappa shape index (κ2) is 6.05. The summed E-state index contributed by atoms with van der Waals surface area (Å²) in [5.41, 5.74) is 0.898. The number of benzene rings is 1. The predicted molar refractivity (Wildman–Crippen MR) is 78.8 cm³/mol. The number of rotatable bonds is 3. The molecule has 1 aliphatic rings. The van der Waals surface area contributed by atoms with E-state index < -0.39 is 0 Å². The number of aliphatic hydroxyl groups excluding tert-OH is 1. The van der Waals surface area contributed by atoms with Crippen molar-refractivity contribution in [3.8, 4) is 0 Å². The van der Waals surface area contributed by atoms with Crippen LogP contribution in [-0.2, 0) is 6.61 Å². The van der Waals surface area contributed by atoms with Gasteiger partial charge in [-0.1, -0.05) is 12.1 Å². The molecule has 21 heavy (non-hydrogen) atoms. The summed E-state index contributed by atoms with van der Waals surface area (Å²) >= 11 is 0. The van der Waals surface area contributed by atoms with Crippen LogP contribution in [0.5, 0.6) is 0 Å². The van der Waals surface area contributed by atoms with E-state index in [0.29, 0.717) is 11.3 Å². The zero-order chi connectivity index (χ0) is 14.7. The summed E-state index contributed by atoms with van der Waals surface area (Å²) in [6, 6.07) is 7.02. The maximum absolute atomic E-state index is 14.2. The molecule has 0 radical (unpaired) electrons. The lowest BCUT2D eigenvalue weighted by Gasteiger charge is -2.36. The second-order valence-electron chi connectivity index (χ2n) is 4.95. The van der Waals surface area contributed by atoms with E-state index in [0.717, 1.165) is 32.0 Å². The van der Waals surface area contributed by atoms with Gasteiger partial charge >= 0.3 is 0 Å². The molecule has 0 bridgehead atoms. The van der Waals surface area contributed by atoms with Gasteiger partial charge in [0.2, 0.25) is 0 Å². The molecule has 1 aliphatic heterocycles. The number of piperazine rings is 1. The molecule has 1 fully saturated rings. The Morgan fingerprint density at radius 1 is 1.10 bits per heavy atom. The molecule has 0 saturated carbocycles. The minimum absolute atomic E-state index is 0.277. The van der Waals surface area contributed by atoms with E-state index in [1.165, 1.54) is 6.33 Å². The van der Waals surface area contributed by atoms with Gasteiger partial charge in [-0.2, -0.15) is 0 Å². The molecule has 1 N–H and O–H groups in total. The fourth-order valence-electron chi connectivity index (χ4n) is 2.58. The van der Waals surface area contributed by atoms with Crippen LogP contribution >= 0.6 is 0 Å². The summed E-state index contributed by atoms with van der Waals surface area (Å²) in [7, 11) is 0. The van der Waals surface area contributed by atoms with Gasteiger partial charge in [0.25, 0.3) is 0 Å². The van der Waals surface area contributed by atoms with Crippen LogP contribution in [0, 0.1) is 5.82 Å². The van der Waals surface area contributed by atoms with Gasteiger partial charge in [-0.3, -0.25) is 0 Å². The summed E-state index contributed by atoms with van der Waals surface area (Å²) in [6.45, 7) is 2.71. The van der Waals surface area contributed by atoms with Crippen LogP contribution in [0.2, 0.25) is 0 Å². The molecule has 1 aromatic heterocycles. The summed E-state index contributed by atoms with van der Waals surface area (Å²) in [5.74, 6) is 0.574. The molecule has 0 spiro atoms. The monoisotopic (exact) mass is 288 g/mol. The SMILES string of the molecule is OCc1cccc(N2CCN(c3ccncn3)CC2)c1F. The van der Waals surface area contributed by atoms with Gasteiger partial charge in [0.1, 0.15) is 12.1 Å². The van der Waals surface area contributed by atoms with Gasteiger partial charge in [0.05, 0.1) is 12.3 Å². The van der Waals surface area contributed by atoms with E-state index in [2.05, 4.69) is 14.9 Å². The molecule has 1 aromatic carbocycles. The highest BCUT2D eigenvalue weighted by Crippen LogP contribution is 2.24. The molecule has 2 aromatic rings. The lowest BCUT2D eigenvalue weighted by Crippen LogP contribution is -2.47. The van der Waals surface area contributed by atoms with Crippen LogP contribution in [-0.4, -0.2) is 41.3 Å². The maximum Gasteiger partial charge on any atom is 0.151 e. The largest absolute Gasteiger partial charge is 0.392 e. The Labute approximate surface area is 122 Å². The lowest BCUT2D eigenvalue weighted by molar-refractivity contribution is 0.276. The Bertz CT molecular complexity index is 600. The van der Waals surface area contributed by atoms with Crippen molar-refractivity contribution in [3.05, 3.63) is 48.2 Å². The molecule has 0 atom stereocenters. The Morgan fingerprint density at radius 3 is 2.52 bits per heavy atom. The number of anilines is 2. The molecule has 110 valence electrons. The maximum atomic E-state index is 14.2. The smallest absolute Gasteiger partial charge is 0.151 e. The molecule has 5 nitrogen and oxygen atoms in total. The fraction of sp³-hybridized carbons (Fsp3) is 0.333. The van der Waals surface area contributed by atoms with Gasteiger partial charge < -0.3 is 14.9 Å². The minimum Gasteiger partial charge on any atom is -0.392 e. The molecular formula is C15H17FN4O. The standard InChI is InChI=1S/C15H17FN4O/c16-15-12(10-21)2-1-3-13(15)19-6-8-20(9-7-19)14-4-5-17-11-18-14/h1-5,11,21H,6-10H2. The third-order valence-corrected chi connectivity index (χ3v) is 3.74. The number of halogens is 1. The first-order valence-corrected chi connectivity index (χ1v) is 6.94. The molecule has 1 saturated heterocycles. The molecule has 6 heteroatoms. The topological polar surface area (TPSA) is 52.5 Å². The normalized spacial score (nSPS) is 15.3. The fourth-order valence-corrected chi connectivity index (χ4v) is 2.58. The van der Waals surface area contributed by atoms with E-state index in [9.17, 15) is 4.39 Å². The Balaban J connectivity index is 1.72. The summed E-state index contributed by atoms with van der Waals surface area (Å²) in [5, 5.41) is 9.15. The summed E-state index contributed by atoms with van der Waals surface area (Å²) < 4.78 is 14.2. The number of aliphatic hydroxyl groups is 1. The van der Waals surface area contributed by atoms with Gasteiger partial charge in [-0.05, 0) is 12.1 Å². The first-order valence-electron chi connectivity index (χ1n) is 6.94. The average molecular weight is 288 g/mol. The zero-order valence-corrected chi connectivity index (χ0v) is 11.6. The van der Waals surface area contributed by atoms with E-state index in [1.54, 1.807) is 24.4 Å². The average Bonchev–Trinajstić information content (AvgIpc) is 2.56. The van der Waals surface area contributed by atoms with E-state index >= 15 is 0 Å². The van der Waals surface area contributed by atoms with Crippen LogP contribution in [0.4, 0.5) is 15.9 Å². The van der Waals surface area contributed by atoms with Crippen LogP contribution in [0.25, 0.3) is 0 Å². The Morgan fingerprint density at radius 2 is 1.86 bits per heavy atom. The van der Waals surface area contributed by atoms with Crippen molar-refractivity contribution in [1.29, 1.82) is 0 Å². The first-order chi connectivity index (χ1) is 10.3. The minimum atomic E-state index is -0.324. The van der Waals surface area contributed by atoms with Crippen LogP contribution in [0.15, 0.2) is 36.8 Å².